The van der Waals surface area contributed by atoms with Crippen LogP contribution in [0.5, 0.6) is 0 Å². The molecule has 0 fully saturated rings. The van der Waals surface area contributed by atoms with Gasteiger partial charge in [0.25, 0.3) is 0 Å². The van der Waals surface area contributed by atoms with E-state index in [1.54, 1.807) is 6.92 Å². The first-order chi connectivity index (χ1) is 5.90. The zero-order valence-corrected chi connectivity index (χ0v) is 8.00. The van der Waals surface area contributed by atoms with Crippen LogP contribution in [-0.2, 0) is 14.3 Å². The van der Waals surface area contributed by atoms with E-state index >= 15 is 0 Å². The number of rotatable bonds is 5. The van der Waals surface area contributed by atoms with E-state index in [1.807, 2.05) is 0 Å². The highest BCUT2D eigenvalue weighted by atomic mass is 16.5. The maximum Gasteiger partial charge on any atom is 0.325 e. The lowest BCUT2D eigenvalue weighted by atomic mass is 9.97. The van der Waals surface area contributed by atoms with Crippen LogP contribution in [0, 0.1) is 0 Å². The van der Waals surface area contributed by atoms with Gasteiger partial charge in [-0.1, -0.05) is 0 Å². The fraction of sp³-hybridized carbons (Fsp3) is 0.750. The predicted octanol–water partition coefficient (Wildman–Crippen LogP) is -0.468. The second kappa shape index (κ2) is 4.81. The molecule has 0 unspecified atom stereocenters. The number of hydrogen-bond acceptors (Lipinski definition) is 4. The number of carbonyl (C=O) groups is 2. The van der Waals surface area contributed by atoms with Crippen LogP contribution in [0.1, 0.15) is 26.7 Å². The molecule has 0 spiro atoms. The van der Waals surface area contributed by atoms with Gasteiger partial charge < -0.3 is 16.2 Å². The Morgan fingerprint density at radius 2 is 2.00 bits per heavy atom. The third-order valence-corrected chi connectivity index (χ3v) is 1.63. The van der Waals surface area contributed by atoms with Gasteiger partial charge in [0.2, 0.25) is 5.91 Å². The van der Waals surface area contributed by atoms with Gasteiger partial charge in [-0.3, -0.25) is 9.59 Å². The lowest BCUT2D eigenvalue weighted by Crippen LogP contribution is -2.46. The second-order valence-corrected chi connectivity index (χ2v) is 3.10. The minimum atomic E-state index is -1.12. The standard InChI is InChI=1S/C8H16N2O3/c1-3-13-7(12)8(2,10)5-4-6(9)11/h3-5,10H2,1-2H3,(H2,9,11)/t8-/m1/s1. The molecule has 4 N–H and O–H groups in total. The number of nitrogens with two attached hydrogens (primary N) is 2. The van der Waals surface area contributed by atoms with Crippen molar-refractivity contribution < 1.29 is 14.3 Å². The largest absolute Gasteiger partial charge is 0.465 e. The van der Waals surface area contributed by atoms with Crippen molar-refractivity contribution in [2.45, 2.75) is 32.2 Å². The number of esters is 1. The summed E-state index contributed by atoms with van der Waals surface area (Å²) in [7, 11) is 0. The van der Waals surface area contributed by atoms with Gasteiger partial charge in [-0.15, -0.1) is 0 Å². The molecule has 0 heterocycles. The third-order valence-electron chi connectivity index (χ3n) is 1.63. The van der Waals surface area contributed by atoms with Crippen molar-refractivity contribution in [1.82, 2.24) is 0 Å². The molecule has 1 amide bonds. The highest BCUT2D eigenvalue weighted by molar-refractivity contribution is 5.81. The molecular formula is C8H16N2O3. The number of ether oxygens (including phenoxy) is 1. The van der Waals surface area contributed by atoms with Gasteiger partial charge in [-0.2, -0.15) is 0 Å². The summed E-state index contributed by atoms with van der Waals surface area (Å²) in [5.74, 6) is -0.975. The molecule has 0 saturated carbocycles. The molecular weight excluding hydrogens is 172 g/mol. The van der Waals surface area contributed by atoms with E-state index in [1.165, 1.54) is 6.92 Å². The molecule has 0 aliphatic carbocycles. The molecule has 1 atom stereocenters. The van der Waals surface area contributed by atoms with Crippen LogP contribution in [0.15, 0.2) is 0 Å². The average Bonchev–Trinajstić information content (AvgIpc) is 2.01. The smallest absolute Gasteiger partial charge is 0.325 e. The summed E-state index contributed by atoms with van der Waals surface area (Å²) in [6, 6.07) is 0. The van der Waals surface area contributed by atoms with Crippen LogP contribution in [0.25, 0.3) is 0 Å². The van der Waals surface area contributed by atoms with Crippen LogP contribution >= 0.6 is 0 Å². The van der Waals surface area contributed by atoms with Crippen LogP contribution in [0.3, 0.4) is 0 Å². The van der Waals surface area contributed by atoms with E-state index in [-0.39, 0.29) is 19.4 Å². The van der Waals surface area contributed by atoms with Crippen molar-refractivity contribution >= 4 is 11.9 Å². The molecule has 5 heteroatoms. The van der Waals surface area contributed by atoms with Gasteiger partial charge in [0, 0.05) is 6.42 Å². The van der Waals surface area contributed by atoms with Crippen molar-refractivity contribution in [3.63, 3.8) is 0 Å². The molecule has 0 rings (SSSR count). The van der Waals surface area contributed by atoms with E-state index in [0.717, 1.165) is 0 Å². The fourth-order valence-electron chi connectivity index (χ4n) is 0.781. The van der Waals surface area contributed by atoms with Gasteiger partial charge >= 0.3 is 5.97 Å². The molecule has 0 saturated heterocycles. The SMILES string of the molecule is CCOC(=O)[C@](C)(N)CCC(N)=O. The highest BCUT2D eigenvalue weighted by Crippen LogP contribution is 2.10. The zero-order chi connectivity index (χ0) is 10.5. The Morgan fingerprint density at radius 3 is 2.38 bits per heavy atom. The Labute approximate surface area is 77.4 Å². The summed E-state index contributed by atoms with van der Waals surface area (Å²) >= 11 is 0. The van der Waals surface area contributed by atoms with Crippen molar-refractivity contribution in [3.8, 4) is 0 Å². The van der Waals surface area contributed by atoms with Crippen LogP contribution in [-0.4, -0.2) is 24.0 Å². The van der Waals surface area contributed by atoms with Crippen molar-refractivity contribution in [3.05, 3.63) is 0 Å². The molecule has 0 radical (unpaired) electrons. The van der Waals surface area contributed by atoms with Gasteiger partial charge in [0.05, 0.1) is 6.61 Å². The van der Waals surface area contributed by atoms with Crippen molar-refractivity contribution in [2.75, 3.05) is 6.61 Å². The third kappa shape index (κ3) is 4.47. The summed E-state index contributed by atoms with van der Waals surface area (Å²) in [4.78, 5) is 21.6. The van der Waals surface area contributed by atoms with Gasteiger partial charge in [-0.25, -0.2) is 0 Å². The summed E-state index contributed by atoms with van der Waals surface area (Å²) < 4.78 is 4.72. The molecule has 0 aromatic carbocycles. The normalized spacial score (nSPS) is 14.7. The number of primary amides is 1. The van der Waals surface area contributed by atoms with Crippen molar-refractivity contribution in [1.29, 1.82) is 0 Å². The molecule has 0 aliphatic heterocycles. The van der Waals surface area contributed by atoms with E-state index < -0.39 is 17.4 Å². The van der Waals surface area contributed by atoms with E-state index in [2.05, 4.69) is 0 Å². The van der Waals surface area contributed by atoms with Crippen LogP contribution in [0.4, 0.5) is 0 Å². The fourth-order valence-corrected chi connectivity index (χ4v) is 0.781. The van der Waals surface area contributed by atoms with E-state index in [9.17, 15) is 9.59 Å². The Bertz CT molecular complexity index is 202. The molecule has 76 valence electrons. The summed E-state index contributed by atoms with van der Waals surface area (Å²) in [6.45, 7) is 3.50. The minimum Gasteiger partial charge on any atom is -0.465 e. The molecule has 0 bridgehead atoms. The van der Waals surface area contributed by atoms with Crippen LogP contribution in [0.2, 0.25) is 0 Å². The van der Waals surface area contributed by atoms with Gasteiger partial charge in [0.1, 0.15) is 5.54 Å². The van der Waals surface area contributed by atoms with Gasteiger partial charge in [-0.05, 0) is 20.3 Å². The predicted molar refractivity (Wildman–Crippen MR) is 47.7 cm³/mol. The average molecular weight is 188 g/mol. The molecule has 0 aliphatic rings. The Kier molecular flexibility index (Phi) is 4.40. The zero-order valence-electron chi connectivity index (χ0n) is 8.00. The van der Waals surface area contributed by atoms with E-state index in [4.69, 9.17) is 16.2 Å². The molecule has 0 aromatic rings. The molecule has 5 nitrogen and oxygen atoms in total. The quantitative estimate of drug-likeness (QED) is 0.570. The maximum absolute atomic E-state index is 11.2. The first-order valence-corrected chi connectivity index (χ1v) is 4.14. The van der Waals surface area contributed by atoms with Crippen molar-refractivity contribution in [2.24, 2.45) is 11.5 Å². The minimum absolute atomic E-state index is 0.0891. The summed E-state index contributed by atoms with van der Waals surface area (Å²) in [5.41, 5.74) is 9.42. The highest BCUT2D eigenvalue weighted by Gasteiger charge is 2.29. The monoisotopic (exact) mass is 188 g/mol. The Balaban J connectivity index is 4.05. The summed E-state index contributed by atoms with van der Waals surface area (Å²) in [6.07, 6.45) is 0.299. The second-order valence-electron chi connectivity index (χ2n) is 3.10. The lowest BCUT2D eigenvalue weighted by molar-refractivity contribution is -0.149. The molecule has 13 heavy (non-hydrogen) atoms. The van der Waals surface area contributed by atoms with E-state index in [0.29, 0.717) is 0 Å². The molecule has 0 aromatic heterocycles. The Hall–Kier alpha value is -1.10. The lowest BCUT2D eigenvalue weighted by Gasteiger charge is -2.21. The Morgan fingerprint density at radius 1 is 1.46 bits per heavy atom. The first kappa shape index (κ1) is 11.9. The first-order valence-electron chi connectivity index (χ1n) is 4.14. The van der Waals surface area contributed by atoms with Gasteiger partial charge in [0.15, 0.2) is 0 Å². The number of carbonyl (C=O) groups excluding carboxylic acids is 2. The maximum atomic E-state index is 11.2. The topological polar surface area (TPSA) is 95.4 Å². The number of hydrogen-bond donors (Lipinski definition) is 2. The van der Waals surface area contributed by atoms with Crippen LogP contribution < -0.4 is 11.5 Å². The summed E-state index contributed by atoms with van der Waals surface area (Å²) in [5, 5.41) is 0. The number of amides is 1.